The maximum atomic E-state index is 9.86. The van der Waals surface area contributed by atoms with E-state index >= 15 is 0 Å². The minimum absolute atomic E-state index is 0.290. The Morgan fingerprint density at radius 1 is 1.44 bits per heavy atom. The van der Waals surface area contributed by atoms with Crippen molar-refractivity contribution >= 4 is 23.4 Å². The number of thioether (sulfide) groups is 1. The van der Waals surface area contributed by atoms with Crippen molar-refractivity contribution < 1.29 is 5.11 Å². The molecule has 0 spiro atoms. The molecule has 0 radical (unpaired) electrons. The lowest BCUT2D eigenvalue weighted by Crippen LogP contribution is -2.36. The van der Waals surface area contributed by atoms with Crippen LogP contribution in [-0.2, 0) is 0 Å². The van der Waals surface area contributed by atoms with Crippen LogP contribution in [0.1, 0.15) is 20.3 Å². The molecule has 0 amide bonds. The van der Waals surface area contributed by atoms with E-state index in [1.807, 2.05) is 24.3 Å². The first-order valence-electron chi connectivity index (χ1n) is 5.27. The van der Waals surface area contributed by atoms with Gasteiger partial charge >= 0.3 is 0 Å². The van der Waals surface area contributed by atoms with E-state index < -0.39 is 5.60 Å². The zero-order valence-electron chi connectivity index (χ0n) is 9.61. The Kier molecular flexibility index (Phi) is 5.12. The average molecular weight is 260 g/mol. The Balaban J connectivity index is 2.51. The van der Waals surface area contributed by atoms with Crippen molar-refractivity contribution in [2.45, 2.75) is 36.0 Å². The molecule has 90 valence electrons. The van der Waals surface area contributed by atoms with E-state index in [1.54, 1.807) is 18.7 Å². The van der Waals surface area contributed by atoms with Crippen LogP contribution in [0.25, 0.3) is 0 Å². The van der Waals surface area contributed by atoms with Gasteiger partial charge in [-0.2, -0.15) is 0 Å². The number of aliphatic hydroxyl groups is 1. The van der Waals surface area contributed by atoms with Crippen LogP contribution in [0.15, 0.2) is 29.2 Å². The standard InChI is InChI=1S/C12H18ClNOS/c1-9(7-12(2,15)8-14)16-11-5-3-10(13)4-6-11/h3-6,9,15H,7-8,14H2,1-2H3. The van der Waals surface area contributed by atoms with E-state index in [-0.39, 0.29) is 0 Å². The zero-order chi connectivity index (χ0) is 12.2. The molecule has 16 heavy (non-hydrogen) atoms. The monoisotopic (exact) mass is 259 g/mol. The Labute approximate surface area is 106 Å². The molecule has 1 rings (SSSR count). The fourth-order valence-electron chi connectivity index (χ4n) is 1.49. The van der Waals surface area contributed by atoms with Crippen LogP contribution in [0.3, 0.4) is 0 Å². The maximum absolute atomic E-state index is 9.86. The van der Waals surface area contributed by atoms with Gasteiger partial charge in [-0.15, -0.1) is 11.8 Å². The van der Waals surface area contributed by atoms with Gasteiger partial charge in [0, 0.05) is 21.7 Å². The molecular formula is C12H18ClNOS. The molecule has 0 bridgehead atoms. The molecule has 1 aromatic rings. The minimum Gasteiger partial charge on any atom is -0.389 e. The molecule has 1 aromatic carbocycles. The summed E-state index contributed by atoms with van der Waals surface area (Å²) in [4.78, 5) is 1.16. The summed E-state index contributed by atoms with van der Waals surface area (Å²) in [6.45, 7) is 4.15. The maximum Gasteiger partial charge on any atom is 0.0752 e. The molecule has 0 aromatic heterocycles. The smallest absolute Gasteiger partial charge is 0.0752 e. The summed E-state index contributed by atoms with van der Waals surface area (Å²) in [5.74, 6) is 0. The third kappa shape index (κ3) is 4.74. The molecule has 0 aliphatic heterocycles. The van der Waals surface area contributed by atoms with Gasteiger partial charge in [0.15, 0.2) is 0 Å². The van der Waals surface area contributed by atoms with Crippen LogP contribution in [0.5, 0.6) is 0 Å². The molecule has 2 atom stereocenters. The summed E-state index contributed by atoms with van der Waals surface area (Å²) in [5.41, 5.74) is 4.71. The molecule has 2 nitrogen and oxygen atoms in total. The molecule has 0 aliphatic rings. The van der Waals surface area contributed by atoms with Crippen molar-refractivity contribution in [3.8, 4) is 0 Å². The second-order valence-corrected chi connectivity index (χ2v) is 6.24. The molecule has 0 saturated heterocycles. The van der Waals surface area contributed by atoms with E-state index in [2.05, 4.69) is 6.92 Å². The number of halogens is 1. The number of rotatable bonds is 5. The third-order valence-electron chi connectivity index (χ3n) is 2.32. The largest absolute Gasteiger partial charge is 0.389 e. The Bertz CT molecular complexity index is 326. The van der Waals surface area contributed by atoms with E-state index in [1.165, 1.54) is 0 Å². The highest BCUT2D eigenvalue weighted by atomic mass is 35.5. The second-order valence-electron chi connectivity index (χ2n) is 4.29. The zero-order valence-corrected chi connectivity index (χ0v) is 11.2. The fourth-order valence-corrected chi connectivity index (χ4v) is 2.82. The summed E-state index contributed by atoms with van der Waals surface area (Å²) >= 11 is 7.53. The summed E-state index contributed by atoms with van der Waals surface area (Å²) in [6, 6.07) is 7.72. The van der Waals surface area contributed by atoms with Crippen LogP contribution in [0, 0.1) is 0 Å². The fraction of sp³-hybridized carbons (Fsp3) is 0.500. The molecule has 0 aliphatic carbocycles. The number of hydrogen-bond donors (Lipinski definition) is 2. The summed E-state index contributed by atoms with van der Waals surface area (Å²) in [7, 11) is 0. The van der Waals surface area contributed by atoms with E-state index in [4.69, 9.17) is 17.3 Å². The highest BCUT2D eigenvalue weighted by Gasteiger charge is 2.21. The van der Waals surface area contributed by atoms with Crippen LogP contribution in [0.4, 0.5) is 0 Å². The van der Waals surface area contributed by atoms with Gasteiger partial charge < -0.3 is 10.8 Å². The van der Waals surface area contributed by atoms with Gasteiger partial charge in [-0.3, -0.25) is 0 Å². The number of hydrogen-bond acceptors (Lipinski definition) is 3. The first kappa shape index (κ1) is 13.8. The lowest BCUT2D eigenvalue weighted by molar-refractivity contribution is 0.0608. The Hall–Kier alpha value is -0.220. The van der Waals surface area contributed by atoms with Crippen molar-refractivity contribution in [1.82, 2.24) is 0 Å². The molecule has 0 fully saturated rings. The normalized spacial score (nSPS) is 16.8. The summed E-state index contributed by atoms with van der Waals surface area (Å²) < 4.78 is 0. The first-order chi connectivity index (χ1) is 7.43. The van der Waals surface area contributed by atoms with Gasteiger partial charge in [0.1, 0.15) is 0 Å². The van der Waals surface area contributed by atoms with Crippen molar-refractivity contribution in [2.75, 3.05) is 6.54 Å². The summed E-state index contributed by atoms with van der Waals surface area (Å²) in [5, 5.41) is 10.9. The van der Waals surface area contributed by atoms with Gasteiger partial charge in [0.05, 0.1) is 5.60 Å². The molecule has 0 heterocycles. The van der Waals surface area contributed by atoms with Crippen molar-refractivity contribution in [2.24, 2.45) is 5.73 Å². The molecular weight excluding hydrogens is 242 g/mol. The third-order valence-corrected chi connectivity index (χ3v) is 3.68. The molecule has 3 N–H and O–H groups in total. The topological polar surface area (TPSA) is 46.2 Å². The average Bonchev–Trinajstić information content (AvgIpc) is 2.21. The lowest BCUT2D eigenvalue weighted by atomic mass is 10.0. The van der Waals surface area contributed by atoms with E-state index in [0.717, 1.165) is 9.92 Å². The highest BCUT2D eigenvalue weighted by Crippen LogP contribution is 2.29. The van der Waals surface area contributed by atoms with Gasteiger partial charge in [-0.1, -0.05) is 18.5 Å². The highest BCUT2D eigenvalue weighted by molar-refractivity contribution is 7.99. The van der Waals surface area contributed by atoms with Crippen LogP contribution < -0.4 is 5.73 Å². The second kappa shape index (κ2) is 5.92. The van der Waals surface area contributed by atoms with E-state index in [9.17, 15) is 5.11 Å². The van der Waals surface area contributed by atoms with Gasteiger partial charge in [0.2, 0.25) is 0 Å². The summed E-state index contributed by atoms with van der Waals surface area (Å²) in [6.07, 6.45) is 0.677. The van der Waals surface area contributed by atoms with Gasteiger partial charge in [0.25, 0.3) is 0 Å². The SMILES string of the molecule is CC(CC(C)(O)CN)Sc1ccc(Cl)cc1. The van der Waals surface area contributed by atoms with Crippen molar-refractivity contribution in [3.05, 3.63) is 29.3 Å². The van der Waals surface area contributed by atoms with E-state index in [0.29, 0.717) is 18.2 Å². The predicted molar refractivity (Wildman–Crippen MR) is 71.1 cm³/mol. The predicted octanol–water partition coefficient (Wildman–Crippen LogP) is 2.92. The van der Waals surface area contributed by atoms with Crippen LogP contribution in [0.2, 0.25) is 5.02 Å². The van der Waals surface area contributed by atoms with Gasteiger partial charge in [-0.05, 0) is 37.6 Å². The molecule has 2 unspecified atom stereocenters. The number of benzene rings is 1. The quantitative estimate of drug-likeness (QED) is 0.800. The molecule has 0 saturated carbocycles. The minimum atomic E-state index is -0.779. The van der Waals surface area contributed by atoms with Gasteiger partial charge in [-0.25, -0.2) is 0 Å². The lowest BCUT2D eigenvalue weighted by Gasteiger charge is -2.24. The van der Waals surface area contributed by atoms with Crippen LogP contribution in [-0.4, -0.2) is 22.5 Å². The van der Waals surface area contributed by atoms with Crippen molar-refractivity contribution in [1.29, 1.82) is 0 Å². The van der Waals surface area contributed by atoms with Crippen LogP contribution >= 0.6 is 23.4 Å². The number of nitrogens with two attached hydrogens (primary N) is 1. The Morgan fingerprint density at radius 2 is 2.00 bits per heavy atom. The van der Waals surface area contributed by atoms with Crippen molar-refractivity contribution in [3.63, 3.8) is 0 Å². The Morgan fingerprint density at radius 3 is 2.50 bits per heavy atom. The first-order valence-corrected chi connectivity index (χ1v) is 6.53. The molecule has 4 heteroatoms.